The molecule has 1 aliphatic heterocycles. The molecule has 0 spiro atoms. The number of hydrogen-bond acceptors (Lipinski definition) is 4. The molecule has 0 radical (unpaired) electrons. The molecule has 1 aliphatic rings. The van der Waals surface area contributed by atoms with Gasteiger partial charge in [0.05, 0.1) is 35.7 Å². The number of carboxylic acid groups (broad SMARTS) is 1. The quantitative estimate of drug-likeness (QED) is 0.809. The number of carboxylic acids is 1. The number of amides is 1. The predicted molar refractivity (Wildman–Crippen MR) is 100 cm³/mol. The average Bonchev–Trinajstić information content (AvgIpc) is 3.28. The summed E-state index contributed by atoms with van der Waals surface area (Å²) in [5.41, 5.74) is 3.21. The molecule has 1 aromatic carbocycles. The predicted octanol–water partition coefficient (Wildman–Crippen LogP) is 2.59. The second-order valence-corrected chi connectivity index (χ2v) is 6.87. The zero-order chi connectivity index (χ0) is 19.4. The first kappa shape index (κ1) is 19.1. The van der Waals surface area contributed by atoms with E-state index in [9.17, 15) is 9.59 Å². The third kappa shape index (κ3) is 4.36. The standard InChI is InChI=1S/C20H25N3O4/c1-14-6-3-4-8-18(14)23-15(2)17(12-21-23)20(26)22(10-9-19(24)25)13-16-7-5-11-27-16/h3-4,6,8,12,16H,5,7,9-11,13H2,1-2H3,(H,24,25)/t16-/m1/s1. The minimum absolute atomic E-state index is 0.0329. The molecule has 0 aliphatic carbocycles. The molecular formula is C20H25N3O4. The zero-order valence-corrected chi connectivity index (χ0v) is 15.7. The molecule has 1 saturated heterocycles. The largest absolute Gasteiger partial charge is 0.481 e. The van der Waals surface area contributed by atoms with Crippen LogP contribution in [0.25, 0.3) is 5.69 Å². The summed E-state index contributed by atoms with van der Waals surface area (Å²) in [7, 11) is 0. The van der Waals surface area contributed by atoms with Crippen LogP contribution < -0.4 is 0 Å². The molecule has 0 bridgehead atoms. The van der Waals surface area contributed by atoms with Crippen LogP contribution in [0.3, 0.4) is 0 Å². The summed E-state index contributed by atoms with van der Waals surface area (Å²) in [5.74, 6) is -1.13. The van der Waals surface area contributed by atoms with E-state index in [1.165, 1.54) is 0 Å². The van der Waals surface area contributed by atoms with Crippen LogP contribution in [-0.2, 0) is 9.53 Å². The summed E-state index contributed by atoms with van der Waals surface area (Å²) in [6, 6.07) is 7.84. The van der Waals surface area contributed by atoms with Gasteiger partial charge in [-0.3, -0.25) is 9.59 Å². The van der Waals surface area contributed by atoms with E-state index in [2.05, 4.69) is 5.10 Å². The molecule has 0 saturated carbocycles. The van der Waals surface area contributed by atoms with E-state index in [0.717, 1.165) is 29.8 Å². The zero-order valence-electron chi connectivity index (χ0n) is 15.7. The van der Waals surface area contributed by atoms with E-state index >= 15 is 0 Å². The topological polar surface area (TPSA) is 84.7 Å². The van der Waals surface area contributed by atoms with Gasteiger partial charge < -0.3 is 14.7 Å². The molecule has 27 heavy (non-hydrogen) atoms. The van der Waals surface area contributed by atoms with E-state index in [4.69, 9.17) is 9.84 Å². The van der Waals surface area contributed by atoms with Crippen molar-refractivity contribution in [3.8, 4) is 5.69 Å². The second kappa shape index (κ2) is 8.35. The Morgan fingerprint density at radius 1 is 1.33 bits per heavy atom. The molecular weight excluding hydrogens is 346 g/mol. The van der Waals surface area contributed by atoms with Crippen molar-refractivity contribution in [3.05, 3.63) is 47.3 Å². The number of nitrogens with zero attached hydrogens (tertiary/aromatic N) is 3. The first-order chi connectivity index (χ1) is 13.0. The lowest BCUT2D eigenvalue weighted by atomic mass is 10.1. The average molecular weight is 371 g/mol. The maximum atomic E-state index is 13.1. The summed E-state index contributed by atoms with van der Waals surface area (Å²) >= 11 is 0. The molecule has 1 fully saturated rings. The first-order valence-corrected chi connectivity index (χ1v) is 9.20. The molecule has 7 heteroatoms. The van der Waals surface area contributed by atoms with Crippen molar-refractivity contribution in [2.75, 3.05) is 19.7 Å². The number of hydrogen-bond donors (Lipinski definition) is 1. The first-order valence-electron chi connectivity index (χ1n) is 9.20. The highest BCUT2D eigenvalue weighted by molar-refractivity contribution is 5.95. The highest BCUT2D eigenvalue weighted by Crippen LogP contribution is 2.20. The summed E-state index contributed by atoms with van der Waals surface area (Å²) in [6.07, 6.45) is 3.29. The molecule has 2 aromatic rings. The molecule has 1 atom stereocenters. The number of rotatable bonds is 7. The van der Waals surface area contributed by atoms with Crippen LogP contribution >= 0.6 is 0 Å². The Labute approximate surface area is 158 Å². The van der Waals surface area contributed by atoms with E-state index in [-0.39, 0.29) is 25.0 Å². The minimum atomic E-state index is -0.924. The Kier molecular flexibility index (Phi) is 5.91. The van der Waals surface area contributed by atoms with Crippen molar-refractivity contribution >= 4 is 11.9 Å². The summed E-state index contributed by atoms with van der Waals surface area (Å²) in [4.78, 5) is 25.7. The summed E-state index contributed by atoms with van der Waals surface area (Å²) in [6.45, 7) is 5.10. The number of aromatic nitrogens is 2. The molecule has 2 heterocycles. The van der Waals surface area contributed by atoms with Gasteiger partial charge in [0, 0.05) is 19.7 Å². The lowest BCUT2D eigenvalue weighted by Crippen LogP contribution is -2.39. The number of ether oxygens (including phenoxy) is 1. The number of aliphatic carboxylic acids is 1. The third-order valence-electron chi connectivity index (χ3n) is 4.91. The molecule has 1 amide bonds. The third-order valence-corrected chi connectivity index (χ3v) is 4.91. The highest BCUT2D eigenvalue weighted by Gasteiger charge is 2.26. The van der Waals surface area contributed by atoms with Gasteiger partial charge in [0.25, 0.3) is 5.91 Å². The van der Waals surface area contributed by atoms with Gasteiger partial charge in [0.2, 0.25) is 0 Å². The van der Waals surface area contributed by atoms with E-state index in [1.54, 1.807) is 15.8 Å². The Bertz CT molecular complexity index is 824. The normalized spacial score (nSPS) is 16.4. The van der Waals surface area contributed by atoms with Crippen molar-refractivity contribution in [1.82, 2.24) is 14.7 Å². The number of carbonyl (C=O) groups is 2. The van der Waals surface area contributed by atoms with Crippen LogP contribution in [0.4, 0.5) is 0 Å². The molecule has 1 aromatic heterocycles. The molecule has 0 unspecified atom stereocenters. The van der Waals surface area contributed by atoms with E-state index in [0.29, 0.717) is 18.7 Å². The number of carbonyl (C=O) groups excluding carboxylic acids is 1. The van der Waals surface area contributed by atoms with Gasteiger partial charge in [0.15, 0.2) is 0 Å². The molecule has 3 rings (SSSR count). The van der Waals surface area contributed by atoms with Gasteiger partial charge in [-0.15, -0.1) is 0 Å². The second-order valence-electron chi connectivity index (χ2n) is 6.87. The number of benzene rings is 1. The molecule has 144 valence electrons. The lowest BCUT2D eigenvalue weighted by molar-refractivity contribution is -0.137. The molecule has 7 nitrogen and oxygen atoms in total. The summed E-state index contributed by atoms with van der Waals surface area (Å²) in [5, 5.41) is 13.4. The smallest absolute Gasteiger partial charge is 0.305 e. The van der Waals surface area contributed by atoms with Gasteiger partial charge in [-0.05, 0) is 38.3 Å². The Morgan fingerprint density at radius 2 is 2.11 bits per heavy atom. The Balaban J connectivity index is 1.84. The van der Waals surface area contributed by atoms with Crippen LogP contribution in [0.15, 0.2) is 30.5 Å². The van der Waals surface area contributed by atoms with Gasteiger partial charge in [-0.2, -0.15) is 5.10 Å². The highest BCUT2D eigenvalue weighted by atomic mass is 16.5. The Hall–Kier alpha value is -2.67. The summed E-state index contributed by atoms with van der Waals surface area (Å²) < 4.78 is 7.39. The maximum Gasteiger partial charge on any atom is 0.305 e. The fourth-order valence-electron chi connectivity index (χ4n) is 3.37. The minimum Gasteiger partial charge on any atom is -0.481 e. The Morgan fingerprint density at radius 3 is 2.78 bits per heavy atom. The van der Waals surface area contributed by atoms with Crippen LogP contribution in [0.1, 0.15) is 40.9 Å². The van der Waals surface area contributed by atoms with Crippen molar-refractivity contribution in [2.45, 2.75) is 39.2 Å². The van der Waals surface area contributed by atoms with Crippen LogP contribution in [0, 0.1) is 13.8 Å². The fraction of sp³-hybridized carbons (Fsp3) is 0.450. The van der Waals surface area contributed by atoms with E-state index in [1.807, 2.05) is 38.1 Å². The van der Waals surface area contributed by atoms with Crippen LogP contribution in [-0.4, -0.2) is 57.5 Å². The maximum absolute atomic E-state index is 13.1. The van der Waals surface area contributed by atoms with Gasteiger partial charge in [-0.25, -0.2) is 4.68 Å². The van der Waals surface area contributed by atoms with Crippen molar-refractivity contribution in [1.29, 1.82) is 0 Å². The number of aryl methyl sites for hydroxylation is 1. The van der Waals surface area contributed by atoms with Crippen molar-refractivity contribution in [3.63, 3.8) is 0 Å². The molecule has 1 N–H and O–H groups in total. The fourth-order valence-corrected chi connectivity index (χ4v) is 3.37. The van der Waals surface area contributed by atoms with Crippen molar-refractivity contribution < 1.29 is 19.4 Å². The van der Waals surface area contributed by atoms with Crippen LogP contribution in [0.5, 0.6) is 0 Å². The van der Waals surface area contributed by atoms with Gasteiger partial charge in [-0.1, -0.05) is 18.2 Å². The van der Waals surface area contributed by atoms with Crippen LogP contribution in [0.2, 0.25) is 0 Å². The SMILES string of the molecule is Cc1ccccc1-n1ncc(C(=O)N(CCC(=O)O)C[C@H]2CCCO2)c1C. The lowest BCUT2D eigenvalue weighted by Gasteiger charge is -2.25. The van der Waals surface area contributed by atoms with Gasteiger partial charge in [0.1, 0.15) is 0 Å². The van der Waals surface area contributed by atoms with E-state index < -0.39 is 5.97 Å². The number of para-hydroxylation sites is 1. The monoisotopic (exact) mass is 371 g/mol. The van der Waals surface area contributed by atoms with Gasteiger partial charge >= 0.3 is 5.97 Å². The van der Waals surface area contributed by atoms with Crippen molar-refractivity contribution in [2.24, 2.45) is 0 Å².